The van der Waals surface area contributed by atoms with Crippen LogP contribution in [0.3, 0.4) is 0 Å². The molecule has 0 saturated heterocycles. The molecule has 1 aliphatic carbocycles. The van der Waals surface area contributed by atoms with Gasteiger partial charge in [-0.25, -0.2) is 9.97 Å². The molecular formula is C38H23N3. The molecule has 0 unspecified atom stereocenters. The normalized spacial score (nSPS) is 11.9. The Kier molecular flexibility index (Phi) is 4.61. The lowest BCUT2D eigenvalue weighted by atomic mass is 9.82. The number of benzene rings is 5. The zero-order valence-corrected chi connectivity index (χ0v) is 22.1. The molecule has 0 aliphatic heterocycles. The van der Waals surface area contributed by atoms with Gasteiger partial charge in [0.15, 0.2) is 5.65 Å². The molecule has 1 aliphatic rings. The molecule has 3 heterocycles. The third-order valence-corrected chi connectivity index (χ3v) is 8.44. The first-order valence-corrected chi connectivity index (χ1v) is 13.9. The first-order valence-electron chi connectivity index (χ1n) is 13.9. The second kappa shape index (κ2) is 8.48. The molecule has 5 aromatic carbocycles. The summed E-state index contributed by atoms with van der Waals surface area (Å²) < 4.78 is 2.36. The predicted octanol–water partition coefficient (Wildman–Crippen LogP) is 9.71. The molecule has 3 nitrogen and oxygen atoms in total. The van der Waals surface area contributed by atoms with Gasteiger partial charge in [0.05, 0.1) is 22.4 Å². The van der Waals surface area contributed by atoms with Crippen molar-refractivity contribution in [2.75, 3.05) is 0 Å². The van der Waals surface area contributed by atoms with Crippen LogP contribution in [0.1, 0.15) is 0 Å². The van der Waals surface area contributed by atoms with Crippen molar-refractivity contribution in [2.24, 2.45) is 0 Å². The lowest BCUT2D eigenvalue weighted by Gasteiger charge is -2.23. The van der Waals surface area contributed by atoms with Crippen LogP contribution in [0.4, 0.5) is 0 Å². The Bertz CT molecular complexity index is 2270. The Hall–Kier alpha value is -5.54. The SMILES string of the molecule is c1ccc2c(c1)-c1ccccc1-c1cc3c(-n4c5ccccc5c5ccccc54)ccnc3nc1-c1ccccc1-2. The quantitative estimate of drug-likeness (QED) is 0.215. The van der Waals surface area contributed by atoms with E-state index in [2.05, 4.69) is 138 Å². The Balaban J connectivity index is 1.43. The van der Waals surface area contributed by atoms with Crippen LogP contribution in [-0.4, -0.2) is 14.5 Å². The fourth-order valence-corrected chi connectivity index (χ4v) is 6.68. The highest BCUT2D eigenvalue weighted by molar-refractivity contribution is 6.11. The predicted molar refractivity (Wildman–Crippen MR) is 169 cm³/mol. The van der Waals surface area contributed by atoms with E-state index in [0.717, 1.165) is 33.5 Å². The van der Waals surface area contributed by atoms with Gasteiger partial charge in [0.1, 0.15) is 0 Å². The number of nitrogens with zero attached hydrogens (tertiary/aromatic N) is 3. The second-order valence-electron chi connectivity index (χ2n) is 10.6. The Morgan fingerprint density at radius 3 is 1.46 bits per heavy atom. The minimum atomic E-state index is 0.740. The Morgan fingerprint density at radius 1 is 0.415 bits per heavy atom. The van der Waals surface area contributed by atoms with E-state index in [-0.39, 0.29) is 0 Å². The molecule has 9 rings (SSSR count). The lowest BCUT2D eigenvalue weighted by Crippen LogP contribution is -2.02. The molecular weight excluding hydrogens is 498 g/mol. The van der Waals surface area contributed by atoms with E-state index in [4.69, 9.17) is 9.97 Å². The van der Waals surface area contributed by atoms with Crippen molar-refractivity contribution in [3.05, 3.63) is 140 Å². The Morgan fingerprint density at radius 2 is 0.878 bits per heavy atom. The van der Waals surface area contributed by atoms with Gasteiger partial charge >= 0.3 is 0 Å². The van der Waals surface area contributed by atoms with Crippen LogP contribution in [0.5, 0.6) is 0 Å². The van der Waals surface area contributed by atoms with Crippen LogP contribution in [0, 0.1) is 0 Å². The van der Waals surface area contributed by atoms with E-state index in [9.17, 15) is 0 Å². The van der Waals surface area contributed by atoms with Crippen LogP contribution >= 0.6 is 0 Å². The first kappa shape index (κ1) is 22.3. The number of para-hydroxylation sites is 2. The van der Waals surface area contributed by atoms with E-state index < -0.39 is 0 Å². The number of rotatable bonds is 1. The van der Waals surface area contributed by atoms with E-state index in [1.165, 1.54) is 49.6 Å². The topological polar surface area (TPSA) is 30.7 Å². The van der Waals surface area contributed by atoms with Crippen molar-refractivity contribution in [3.8, 4) is 50.3 Å². The number of hydrogen-bond donors (Lipinski definition) is 0. The van der Waals surface area contributed by atoms with Gasteiger partial charge in [-0.05, 0) is 52.1 Å². The van der Waals surface area contributed by atoms with Gasteiger partial charge in [-0.15, -0.1) is 0 Å². The summed E-state index contributed by atoms with van der Waals surface area (Å²) >= 11 is 0. The molecule has 41 heavy (non-hydrogen) atoms. The Labute approximate surface area is 237 Å². The van der Waals surface area contributed by atoms with E-state index in [1.54, 1.807) is 0 Å². The fourth-order valence-electron chi connectivity index (χ4n) is 6.68. The zero-order chi connectivity index (χ0) is 26.9. The van der Waals surface area contributed by atoms with Gasteiger partial charge in [0.2, 0.25) is 0 Å². The highest BCUT2D eigenvalue weighted by atomic mass is 15.0. The molecule has 0 spiro atoms. The number of hydrogen-bond acceptors (Lipinski definition) is 2. The zero-order valence-electron chi connectivity index (χ0n) is 22.1. The molecule has 0 radical (unpaired) electrons. The minimum absolute atomic E-state index is 0.740. The van der Waals surface area contributed by atoms with Gasteiger partial charge in [-0.1, -0.05) is 109 Å². The van der Waals surface area contributed by atoms with Crippen molar-refractivity contribution in [3.63, 3.8) is 0 Å². The standard InChI is InChI=1S/C38H23N3/c1-2-12-25-24(11-1)26-13-3-4-15-28(26)32-23-33-36(21-22-39-38(33)40-37(32)31-18-6-5-14-27(25)31)41-34-19-9-7-16-29(34)30-17-8-10-20-35(30)41/h1-23H. The van der Waals surface area contributed by atoms with E-state index in [1.807, 2.05) is 6.20 Å². The average molecular weight is 522 g/mol. The van der Waals surface area contributed by atoms with Crippen LogP contribution < -0.4 is 0 Å². The minimum Gasteiger partial charge on any atom is -0.308 e. The molecule has 0 N–H and O–H groups in total. The van der Waals surface area contributed by atoms with E-state index in [0.29, 0.717) is 0 Å². The second-order valence-corrected chi connectivity index (χ2v) is 10.6. The first-order chi connectivity index (χ1) is 20.4. The molecule has 0 atom stereocenters. The molecule has 0 bridgehead atoms. The van der Waals surface area contributed by atoms with Crippen molar-refractivity contribution in [2.45, 2.75) is 0 Å². The van der Waals surface area contributed by atoms with Crippen LogP contribution in [0.2, 0.25) is 0 Å². The summed E-state index contributed by atoms with van der Waals surface area (Å²) in [5, 5.41) is 3.50. The maximum absolute atomic E-state index is 5.34. The number of aromatic nitrogens is 3. The van der Waals surface area contributed by atoms with E-state index >= 15 is 0 Å². The van der Waals surface area contributed by atoms with Crippen LogP contribution in [0.15, 0.2) is 140 Å². The summed E-state index contributed by atoms with van der Waals surface area (Å²) in [7, 11) is 0. The average Bonchev–Trinajstić information content (AvgIpc) is 3.37. The monoisotopic (exact) mass is 521 g/mol. The van der Waals surface area contributed by atoms with Gasteiger partial charge < -0.3 is 4.57 Å². The van der Waals surface area contributed by atoms with Crippen molar-refractivity contribution in [1.29, 1.82) is 0 Å². The van der Waals surface area contributed by atoms with Gasteiger partial charge in [-0.2, -0.15) is 0 Å². The van der Waals surface area contributed by atoms with Crippen LogP contribution in [0.25, 0.3) is 83.2 Å². The summed E-state index contributed by atoms with van der Waals surface area (Å²) in [6.07, 6.45) is 1.89. The maximum atomic E-state index is 5.34. The molecule has 0 fully saturated rings. The third-order valence-electron chi connectivity index (χ3n) is 8.44. The fraction of sp³-hybridized carbons (Fsp3) is 0. The smallest absolute Gasteiger partial charge is 0.161 e. The summed E-state index contributed by atoms with van der Waals surface area (Å²) in [5.41, 5.74) is 13.4. The van der Waals surface area contributed by atoms with Gasteiger partial charge in [0.25, 0.3) is 0 Å². The lowest BCUT2D eigenvalue weighted by molar-refractivity contribution is 1.17. The van der Waals surface area contributed by atoms with Gasteiger partial charge in [0, 0.05) is 33.5 Å². The maximum Gasteiger partial charge on any atom is 0.161 e. The van der Waals surface area contributed by atoms with Crippen molar-refractivity contribution < 1.29 is 0 Å². The summed E-state index contributed by atoms with van der Waals surface area (Å²) in [5.74, 6) is 0. The molecule has 0 amide bonds. The van der Waals surface area contributed by atoms with Crippen LogP contribution in [-0.2, 0) is 0 Å². The summed E-state index contributed by atoms with van der Waals surface area (Å²) in [6.45, 7) is 0. The highest BCUT2D eigenvalue weighted by Crippen LogP contribution is 2.48. The largest absolute Gasteiger partial charge is 0.308 e. The van der Waals surface area contributed by atoms with Crippen molar-refractivity contribution in [1.82, 2.24) is 14.5 Å². The highest BCUT2D eigenvalue weighted by Gasteiger charge is 2.24. The third kappa shape index (κ3) is 3.14. The molecule has 3 aromatic heterocycles. The number of fused-ring (bicyclic) bond motifs is 12. The molecule has 190 valence electrons. The summed E-state index contributed by atoms with van der Waals surface area (Å²) in [6, 6.07) is 47.7. The molecule has 8 aromatic rings. The number of pyridine rings is 2. The van der Waals surface area contributed by atoms with Gasteiger partial charge in [-0.3, -0.25) is 0 Å². The summed E-state index contributed by atoms with van der Waals surface area (Å²) in [4.78, 5) is 10.2. The molecule has 0 saturated carbocycles. The van der Waals surface area contributed by atoms with Crippen molar-refractivity contribution >= 4 is 32.8 Å². The molecule has 3 heteroatoms.